The predicted octanol–water partition coefficient (Wildman–Crippen LogP) is 2.27. The molecule has 4 nitrogen and oxygen atoms in total. The molecule has 0 spiro atoms. The van der Waals surface area contributed by atoms with E-state index in [4.69, 9.17) is 0 Å². The number of aromatic nitrogens is 2. The van der Waals surface area contributed by atoms with Gasteiger partial charge in [0, 0.05) is 25.8 Å². The summed E-state index contributed by atoms with van der Waals surface area (Å²) in [5.74, 6) is 0. The van der Waals surface area contributed by atoms with Crippen molar-refractivity contribution in [2.45, 2.75) is 45.1 Å². The van der Waals surface area contributed by atoms with Crippen LogP contribution in [0.4, 0.5) is 5.69 Å². The Kier molecular flexibility index (Phi) is 4.64. The molecule has 0 bridgehead atoms. The first-order valence-corrected chi connectivity index (χ1v) is 7.17. The predicted molar refractivity (Wildman–Crippen MR) is 76.0 cm³/mol. The molecule has 18 heavy (non-hydrogen) atoms. The quantitative estimate of drug-likeness (QED) is 0.870. The molecule has 1 saturated heterocycles. The Hall–Kier alpha value is -1.03. The van der Waals surface area contributed by atoms with Crippen molar-refractivity contribution in [1.82, 2.24) is 14.7 Å². The second-order valence-electron chi connectivity index (χ2n) is 5.36. The van der Waals surface area contributed by atoms with Gasteiger partial charge in [0.25, 0.3) is 0 Å². The molecule has 1 aromatic rings. The van der Waals surface area contributed by atoms with Crippen molar-refractivity contribution in [3.8, 4) is 0 Å². The van der Waals surface area contributed by atoms with Crippen LogP contribution in [-0.4, -0.2) is 40.9 Å². The lowest BCUT2D eigenvalue weighted by Gasteiger charge is -2.32. The van der Waals surface area contributed by atoms with E-state index in [-0.39, 0.29) is 0 Å². The van der Waals surface area contributed by atoms with E-state index in [1.54, 1.807) is 0 Å². The van der Waals surface area contributed by atoms with Gasteiger partial charge in [-0.2, -0.15) is 5.10 Å². The lowest BCUT2D eigenvalue weighted by Crippen LogP contribution is -2.37. The molecule has 1 unspecified atom stereocenters. The van der Waals surface area contributed by atoms with Crippen molar-refractivity contribution in [2.24, 2.45) is 7.05 Å². The second kappa shape index (κ2) is 6.23. The van der Waals surface area contributed by atoms with E-state index in [2.05, 4.69) is 35.5 Å². The van der Waals surface area contributed by atoms with Crippen LogP contribution in [0.5, 0.6) is 0 Å². The van der Waals surface area contributed by atoms with E-state index in [1.807, 2.05) is 11.7 Å². The summed E-state index contributed by atoms with van der Waals surface area (Å²) in [5, 5.41) is 8.00. The highest BCUT2D eigenvalue weighted by Crippen LogP contribution is 2.19. The minimum atomic E-state index is 0.757. The Balaban J connectivity index is 1.80. The topological polar surface area (TPSA) is 33.1 Å². The standard InChI is InChI=1S/C14H26N4/c1-4-13-14(11-18(3)16-13)15-9-8-12-7-5-6-10-17(12)2/h11-12,15H,4-10H2,1-3H3. The van der Waals surface area contributed by atoms with Gasteiger partial charge in [0.05, 0.1) is 11.4 Å². The molecule has 2 rings (SSSR count). The fourth-order valence-corrected chi connectivity index (χ4v) is 2.83. The molecule has 2 heterocycles. The van der Waals surface area contributed by atoms with Crippen molar-refractivity contribution < 1.29 is 0 Å². The molecule has 0 saturated carbocycles. The van der Waals surface area contributed by atoms with Gasteiger partial charge in [0.2, 0.25) is 0 Å². The fourth-order valence-electron chi connectivity index (χ4n) is 2.83. The van der Waals surface area contributed by atoms with E-state index in [9.17, 15) is 0 Å². The monoisotopic (exact) mass is 250 g/mol. The zero-order valence-electron chi connectivity index (χ0n) is 11.9. The molecule has 1 fully saturated rings. The van der Waals surface area contributed by atoms with Crippen molar-refractivity contribution >= 4 is 5.69 Å². The first-order valence-electron chi connectivity index (χ1n) is 7.17. The van der Waals surface area contributed by atoms with Gasteiger partial charge in [-0.05, 0) is 39.3 Å². The smallest absolute Gasteiger partial charge is 0.0853 e. The van der Waals surface area contributed by atoms with Gasteiger partial charge in [-0.15, -0.1) is 0 Å². The average Bonchev–Trinajstić information content (AvgIpc) is 2.72. The van der Waals surface area contributed by atoms with Crippen molar-refractivity contribution in [1.29, 1.82) is 0 Å². The number of likely N-dealkylation sites (tertiary alicyclic amines) is 1. The number of aryl methyl sites for hydroxylation is 2. The molecular weight excluding hydrogens is 224 g/mol. The van der Waals surface area contributed by atoms with Gasteiger partial charge in [0.15, 0.2) is 0 Å². The highest BCUT2D eigenvalue weighted by Gasteiger charge is 2.18. The Morgan fingerprint density at radius 3 is 2.94 bits per heavy atom. The van der Waals surface area contributed by atoms with Crippen LogP contribution in [0.3, 0.4) is 0 Å². The normalized spacial score (nSPS) is 21.2. The van der Waals surface area contributed by atoms with Gasteiger partial charge in [0.1, 0.15) is 0 Å². The lowest BCUT2D eigenvalue weighted by molar-refractivity contribution is 0.179. The molecule has 1 aliphatic rings. The molecule has 1 atom stereocenters. The summed E-state index contributed by atoms with van der Waals surface area (Å²) in [6.45, 7) is 4.47. The van der Waals surface area contributed by atoms with Crippen LogP contribution in [0.1, 0.15) is 38.3 Å². The molecular formula is C14H26N4. The van der Waals surface area contributed by atoms with Gasteiger partial charge in [-0.1, -0.05) is 13.3 Å². The van der Waals surface area contributed by atoms with E-state index in [0.29, 0.717) is 0 Å². The van der Waals surface area contributed by atoms with E-state index < -0.39 is 0 Å². The first kappa shape index (κ1) is 13.4. The van der Waals surface area contributed by atoms with Crippen LogP contribution < -0.4 is 5.32 Å². The summed E-state index contributed by atoms with van der Waals surface area (Å²) >= 11 is 0. The van der Waals surface area contributed by atoms with Crippen LogP contribution in [0.15, 0.2) is 6.20 Å². The summed E-state index contributed by atoms with van der Waals surface area (Å²) in [6.07, 6.45) is 8.42. The SMILES string of the molecule is CCc1nn(C)cc1NCCC1CCCCN1C. The molecule has 0 radical (unpaired) electrons. The lowest BCUT2D eigenvalue weighted by atomic mass is 10.0. The second-order valence-corrected chi connectivity index (χ2v) is 5.36. The van der Waals surface area contributed by atoms with Crippen molar-refractivity contribution in [3.63, 3.8) is 0 Å². The van der Waals surface area contributed by atoms with Crippen molar-refractivity contribution in [3.05, 3.63) is 11.9 Å². The van der Waals surface area contributed by atoms with Crippen molar-refractivity contribution in [2.75, 3.05) is 25.5 Å². The fraction of sp³-hybridized carbons (Fsp3) is 0.786. The third-order valence-corrected chi connectivity index (χ3v) is 3.95. The molecule has 0 amide bonds. The van der Waals surface area contributed by atoms with E-state index in [1.165, 1.54) is 43.6 Å². The van der Waals surface area contributed by atoms with Crippen LogP contribution in [0, 0.1) is 0 Å². The number of rotatable bonds is 5. The number of nitrogens with one attached hydrogen (secondary N) is 1. The molecule has 4 heteroatoms. The number of hydrogen-bond donors (Lipinski definition) is 1. The molecule has 1 N–H and O–H groups in total. The summed E-state index contributed by atoms with van der Waals surface area (Å²) in [4.78, 5) is 2.51. The summed E-state index contributed by atoms with van der Waals surface area (Å²) in [5.41, 5.74) is 2.38. The van der Waals surface area contributed by atoms with E-state index >= 15 is 0 Å². The number of anilines is 1. The summed E-state index contributed by atoms with van der Waals surface area (Å²) < 4.78 is 1.90. The molecule has 0 aliphatic carbocycles. The van der Waals surface area contributed by atoms with Crippen LogP contribution in [-0.2, 0) is 13.5 Å². The maximum Gasteiger partial charge on any atom is 0.0853 e. The molecule has 0 aromatic carbocycles. The summed E-state index contributed by atoms with van der Waals surface area (Å²) in [6, 6.07) is 0.757. The minimum Gasteiger partial charge on any atom is -0.382 e. The number of nitrogens with zero attached hydrogens (tertiary/aromatic N) is 3. The largest absolute Gasteiger partial charge is 0.382 e. The van der Waals surface area contributed by atoms with Gasteiger partial charge < -0.3 is 10.2 Å². The van der Waals surface area contributed by atoms with Gasteiger partial charge in [-0.3, -0.25) is 4.68 Å². The molecule has 102 valence electrons. The van der Waals surface area contributed by atoms with Gasteiger partial charge in [-0.25, -0.2) is 0 Å². The zero-order valence-corrected chi connectivity index (χ0v) is 11.9. The van der Waals surface area contributed by atoms with Crippen LogP contribution >= 0.6 is 0 Å². The molecule has 1 aliphatic heterocycles. The highest BCUT2D eigenvalue weighted by molar-refractivity contribution is 5.46. The third kappa shape index (κ3) is 3.25. The maximum absolute atomic E-state index is 4.45. The Bertz CT molecular complexity index is 372. The van der Waals surface area contributed by atoms with Crippen LogP contribution in [0.25, 0.3) is 0 Å². The Morgan fingerprint density at radius 1 is 1.39 bits per heavy atom. The zero-order chi connectivity index (χ0) is 13.0. The maximum atomic E-state index is 4.45. The number of hydrogen-bond acceptors (Lipinski definition) is 3. The average molecular weight is 250 g/mol. The highest BCUT2D eigenvalue weighted by atomic mass is 15.3. The van der Waals surface area contributed by atoms with E-state index in [0.717, 1.165) is 19.0 Å². The molecule has 1 aromatic heterocycles. The Labute approximate surface area is 110 Å². The minimum absolute atomic E-state index is 0.757. The summed E-state index contributed by atoms with van der Waals surface area (Å²) in [7, 11) is 4.24. The van der Waals surface area contributed by atoms with Crippen LogP contribution in [0.2, 0.25) is 0 Å². The van der Waals surface area contributed by atoms with Gasteiger partial charge >= 0.3 is 0 Å². The Morgan fingerprint density at radius 2 is 2.22 bits per heavy atom. The first-order chi connectivity index (χ1) is 8.70. The third-order valence-electron chi connectivity index (χ3n) is 3.95. The number of piperidine rings is 1.